The van der Waals surface area contributed by atoms with Gasteiger partial charge in [-0.25, -0.2) is 0 Å². The molecule has 0 amide bonds. The minimum absolute atomic E-state index is 0.152. The minimum atomic E-state index is -0.152. The first-order valence-corrected chi connectivity index (χ1v) is 5.33. The first-order chi connectivity index (χ1) is 7.72. The zero-order valence-electron chi connectivity index (χ0n) is 9.31. The highest BCUT2D eigenvalue weighted by Crippen LogP contribution is 2.27. The molecule has 3 heteroatoms. The third kappa shape index (κ3) is 2.01. The fourth-order valence-corrected chi connectivity index (χ4v) is 1.74. The van der Waals surface area contributed by atoms with E-state index in [2.05, 4.69) is 0 Å². The second-order valence-electron chi connectivity index (χ2n) is 3.83. The van der Waals surface area contributed by atoms with Crippen molar-refractivity contribution in [1.29, 1.82) is 0 Å². The topological polar surface area (TPSA) is 65.2 Å². The monoisotopic (exact) mass is 216 g/mol. The van der Waals surface area contributed by atoms with Crippen molar-refractivity contribution in [2.45, 2.75) is 13.0 Å². The van der Waals surface area contributed by atoms with Gasteiger partial charge in [0.1, 0.15) is 11.5 Å². The minimum Gasteiger partial charge on any atom is -0.461 e. The van der Waals surface area contributed by atoms with E-state index in [4.69, 9.17) is 15.9 Å². The zero-order valence-corrected chi connectivity index (χ0v) is 9.31. The van der Waals surface area contributed by atoms with Crippen molar-refractivity contribution < 1.29 is 4.42 Å². The predicted molar refractivity (Wildman–Crippen MR) is 64.9 cm³/mol. The Hall–Kier alpha value is -1.58. The van der Waals surface area contributed by atoms with Gasteiger partial charge in [0, 0.05) is 23.7 Å². The summed E-state index contributed by atoms with van der Waals surface area (Å²) in [5.74, 6) is 1.69. The van der Waals surface area contributed by atoms with Gasteiger partial charge in [-0.3, -0.25) is 0 Å². The molecule has 4 N–H and O–H groups in total. The summed E-state index contributed by atoms with van der Waals surface area (Å²) < 4.78 is 5.69. The standard InChI is InChI=1S/C13H16N2O/c1-9-11(12(15)8-14)7-13(16-9)10-5-3-2-4-6-10/h2-7,12H,8,14-15H2,1H3. The molecule has 0 aliphatic carbocycles. The molecule has 84 valence electrons. The maximum atomic E-state index is 5.90. The number of nitrogens with two attached hydrogens (primary N) is 2. The van der Waals surface area contributed by atoms with E-state index < -0.39 is 0 Å². The van der Waals surface area contributed by atoms with E-state index in [0.717, 1.165) is 22.6 Å². The van der Waals surface area contributed by atoms with E-state index in [1.165, 1.54) is 0 Å². The Balaban J connectivity index is 2.38. The number of aryl methyl sites for hydroxylation is 1. The van der Waals surface area contributed by atoms with Crippen LogP contribution in [0, 0.1) is 6.92 Å². The summed E-state index contributed by atoms with van der Waals surface area (Å²) in [7, 11) is 0. The van der Waals surface area contributed by atoms with E-state index in [-0.39, 0.29) is 6.04 Å². The van der Waals surface area contributed by atoms with Crippen LogP contribution in [0.1, 0.15) is 17.4 Å². The zero-order chi connectivity index (χ0) is 11.5. The van der Waals surface area contributed by atoms with Gasteiger partial charge in [-0.1, -0.05) is 30.3 Å². The van der Waals surface area contributed by atoms with E-state index in [1.54, 1.807) is 0 Å². The largest absolute Gasteiger partial charge is 0.461 e. The first-order valence-electron chi connectivity index (χ1n) is 5.33. The van der Waals surface area contributed by atoms with E-state index in [1.807, 2.05) is 43.3 Å². The number of benzene rings is 1. The molecule has 0 spiro atoms. The third-order valence-corrected chi connectivity index (χ3v) is 2.67. The van der Waals surface area contributed by atoms with Crippen molar-refractivity contribution in [2.75, 3.05) is 6.54 Å². The van der Waals surface area contributed by atoms with Gasteiger partial charge in [-0.05, 0) is 13.0 Å². The summed E-state index contributed by atoms with van der Waals surface area (Å²) in [6.45, 7) is 2.34. The lowest BCUT2D eigenvalue weighted by molar-refractivity contribution is 0.537. The van der Waals surface area contributed by atoms with Gasteiger partial charge in [-0.15, -0.1) is 0 Å². The van der Waals surface area contributed by atoms with Crippen LogP contribution in [0.2, 0.25) is 0 Å². The maximum absolute atomic E-state index is 5.90. The van der Waals surface area contributed by atoms with Crippen molar-refractivity contribution in [3.05, 3.63) is 47.7 Å². The molecule has 0 aliphatic rings. The molecule has 1 aromatic carbocycles. The molecule has 1 aromatic heterocycles. The molecule has 0 saturated carbocycles. The van der Waals surface area contributed by atoms with Crippen LogP contribution in [0.4, 0.5) is 0 Å². The molecule has 1 heterocycles. The lowest BCUT2D eigenvalue weighted by Crippen LogP contribution is -2.20. The number of rotatable bonds is 3. The normalized spacial score (nSPS) is 12.7. The van der Waals surface area contributed by atoms with E-state index in [9.17, 15) is 0 Å². The highest BCUT2D eigenvalue weighted by molar-refractivity contribution is 5.58. The number of hydrogen-bond donors (Lipinski definition) is 2. The van der Waals surface area contributed by atoms with Crippen LogP contribution in [-0.2, 0) is 0 Å². The van der Waals surface area contributed by atoms with E-state index in [0.29, 0.717) is 6.54 Å². The lowest BCUT2D eigenvalue weighted by atomic mass is 10.1. The van der Waals surface area contributed by atoms with Gasteiger partial charge in [-0.2, -0.15) is 0 Å². The molecule has 0 saturated heterocycles. The number of furan rings is 1. The second kappa shape index (κ2) is 4.51. The molecule has 0 aliphatic heterocycles. The van der Waals surface area contributed by atoms with Crippen molar-refractivity contribution in [3.8, 4) is 11.3 Å². The third-order valence-electron chi connectivity index (χ3n) is 2.67. The van der Waals surface area contributed by atoms with Crippen molar-refractivity contribution in [1.82, 2.24) is 0 Å². The summed E-state index contributed by atoms with van der Waals surface area (Å²) in [5, 5.41) is 0. The van der Waals surface area contributed by atoms with Crippen LogP contribution in [-0.4, -0.2) is 6.54 Å². The number of hydrogen-bond acceptors (Lipinski definition) is 3. The Morgan fingerprint density at radius 1 is 1.25 bits per heavy atom. The average molecular weight is 216 g/mol. The van der Waals surface area contributed by atoms with Crippen LogP contribution >= 0.6 is 0 Å². The van der Waals surface area contributed by atoms with Gasteiger partial charge in [0.25, 0.3) is 0 Å². The lowest BCUT2D eigenvalue weighted by Gasteiger charge is -2.05. The smallest absolute Gasteiger partial charge is 0.134 e. The summed E-state index contributed by atoms with van der Waals surface area (Å²) >= 11 is 0. The Kier molecular flexibility index (Phi) is 3.08. The second-order valence-corrected chi connectivity index (χ2v) is 3.83. The Morgan fingerprint density at radius 2 is 1.94 bits per heavy atom. The summed E-state index contributed by atoms with van der Waals surface area (Å²) in [6, 6.07) is 11.8. The van der Waals surface area contributed by atoms with Crippen LogP contribution in [0.15, 0.2) is 40.8 Å². The molecular formula is C13H16N2O. The highest BCUT2D eigenvalue weighted by Gasteiger charge is 2.13. The molecule has 16 heavy (non-hydrogen) atoms. The summed E-state index contributed by atoms with van der Waals surface area (Å²) in [4.78, 5) is 0. The molecule has 2 rings (SSSR count). The van der Waals surface area contributed by atoms with Crippen LogP contribution in [0.25, 0.3) is 11.3 Å². The molecule has 0 fully saturated rings. The quantitative estimate of drug-likeness (QED) is 0.826. The van der Waals surface area contributed by atoms with Gasteiger partial charge >= 0.3 is 0 Å². The van der Waals surface area contributed by atoms with Crippen LogP contribution in [0.5, 0.6) is 0 Å². The van der Waals surface area contributed by atoms with Crippen LogP contribution < -0.4 is 11.5 Å². The predicted octanol–water partition coefficient (Wildman–Crippen LogP) is 2.21. The molecule has 0 bridgehead atoms. The van der Waals surface area contributed by atoms with Crippen molar-refractivity contribution in [2.24, 2.45) is 11.5 Å². The Morgan fingerprint density at radius 3 is 2.56 bits per heavy atom. The molecule has 1 atom stereocenters. The fourth-order valence-electron chi connectivity index (χ4n) is 1.74. The Labute approximate surface area is 95.1 Å². The molecule has 1 unspecified atom stereocenters. The molecular weight excluding hydrogens is 200 g/mol. The summed E-state index contributed by atoms with van der Waals surface area (Å²) in [6.07, 6.45) is 0. The van der Waals surface area contributed by atoms with Gasteiger partial charge in [0.2, 0.25) is 0 Å². The average Bonchev–Trinajstić information content (AvgIpc) is 2.71. The SMILES string of the molecule is Cc1oc(-c2ccccc2)cc1C(N)CN. The van der Waals surface area contributed by atoms with E-state index >= 15 is 0 Å². The fraction of sp³-hybridized carbons (Fsp3) is 0.231. The van der Waals surface area contributed by atoms with Crippen molar-refractivity contribution >= 4 is 0 Å². The van der Waals surface area contributed by atoms with Gasteiger partial charge in [0.05, 0.1) is 0 Å². The summed E-state index contributed by atoms with van der Waals surface area (Å²) in [5.41, 5.74) is 13.5. The highest BCUT2D eigenvalue weighted by atomic mass is 16.3. The molecule has 3 nitrogen and oxygen atoms in total. The molecule has 0 radical (unpaired) electrons. The molecule has 2 aromatic rings. The first kappa shape index (κ1) is 10.9. The van der Waals surface area contributed by atoms with Gasteiger partial charge in [0.15, 0.2) is 0 Å². The van der Waals surface area contributed by atoms with Crippen LogP contribution in [0.3, 0.4) is 0 Å². The van der Waals surface area contributed by atoms with Gasteiger partial charge < -0.3 is 15.9 Å². The maximum Gasteiger partial charge on any atom is 0.134 e. The van der Waals surface area contributed by atoms with Crippen molar-refractivity contribution in [3.63, 3.8) is 0 Å². The Bertz CT molecular complexity index is 462.